The van der Waals surface area contributed by atoms with Gasteiger partial charge in [-0.3, -0.25) is 4.79 Å². The highest BCUT2D eigenvalue weighted by Gasteiger charge is 2.14. The first-order valence-electron chi connectivity index (χ1n) is 4.67. The van der Waals surface area contributed by atoms with E-state index in [9.17, 15) is 13.6 Å². The molecule has 0 radical (unpaired) electrons. The first-order chi connectivity index (χ1) is 8.47. The number of anilines is 1. The van der Waals surface area contributed by atoms with E-state index in [0.29, 0.717) is 11.6 Å². The summed E-state index contributed by atoms with van der Waals surface area (Å²) in [7, 11) is 0. The van der Waals surface area contributed by atoms with Crippen LogP contribution in [0.2, 0.25) is 0 Å². The van der Waals surface area contributed by atoms with E-state index in [1.54, 1.807) is 11.4 Å². The number of benzene rings is 1. The zero-order valence-electron chi connectivity index (χ0n) is 8.64. The maximum atomic E-state index is 13.5. The van der Waals surface area contributed by atoms with Crippen LogP contribution >= 0.6 is 43.2 Å². The van der Waals surface area contributed by atoms with Crippen molar-refractivity contribution in [2.75, 3.05) is 5.32 Å². The third kappa shape index (κ3) is 2.96. The van der Waals surface area contributed by atoms with Gasteiger partial charge in [-0.05, 0) is 44.0 Å². The fourth-order valence-corrected chi connectivity index (χ4v) is 2.92. The first-order valence-corrected chi connectivity index (χ1v) is 7.14. The number of carbonyl (C=O) groups is 1. The van der Waals surface area contributed by atoms with Gasteiger partial charge in [-0.2, -0.15) is 0 Å². The molecule has 94 valence electrons. The van der Waals surface area contributed by atoms with Crippen molar-refractivity contribution in [3.63, 3.8) is 0 Å². The van der Waals surface area contributed by atoms with Crippen molar-refractivity contribution < 1.29 is 13.6 Å². The minimum atomic E-state index is -0.829. The van der Waals surface area contributed by atoms with Crippen molar-refractivity contribution in [1.82, 2.24) is 0 Å². The van der Waals surface area contributed by atoms with Gasteiger partial charge < -0.3 is 5.32 Å². The Balaban J connectivity index is 2.27. The van der Waals surface area contributed by atoms with Crippen LogP contribution < -0.4 is 5.32 Å². The minimum Gasteiger partial charge on any atom is -0.318 e. The lowest BCUT2D eigenvalue weighted by Crippen LogP contribution is -2.12. The molecule has 0 bridgehead atoms. The molecule has 2 nitrogen and oxygen atoms in total. The van der Waals surface area contributed by atoms with E-state index >= 15 is 0 Å². The van der Waals surface area contributed by atoms with Gasteiger partial charge in [0.15, 0.2) is 5.82 Å². The fourth-order valence-electron chi connectivity index (χ4n) is 1.28. The number of thiophene rings is 1. The number of rotatable bonds is 2. The van der Waals surface area contributed by atoms with Crippen LogP contribution in [0.5, 0.6) is 0 Å². The van der Waals surface area contributed by atoms with E-state index in [2.05, 4.69) is 37.2 Å². The van der Waals surface area contributed by atoms with Crippen molar-refractivity contribution in [3.05, 3.63) is 49.0 Å². The molecule has 0 fully saturated rings. The zero-order chi connectivity index (χ0) is 13.3. The van der Waals surface area contributed by atoms with Crippen molar-refractivity contribution in [3.8, 4) is 0 Å². The lowest BCUT2D eigenvalue weighted by molar-refractivity contribution is 0.102. The molecule has 0 aliphatic rings. The molecule has 0 spiro atoms. The normalized spacial score (nSPS) is 10.4. The van der Waals surface area contributed by atoms with Gasteiger partial charge in [0.25, 0.3) is 5.91 Å². The Labute approximate surface area is 122 Å². The molecule has 0 saturated carbocycles. The summed E-state index contributed by atoms with van der Waals surface area (Å²) in [6.45, 7) is 0. The van der Waals surface area contributed by atoms with E-state index in [0.717, 1.165) is 9.85 Å². The van der Waals surface area contributed by atoms with Crippen LogP contribution in [-0.2, 0) is 0 Å². The molecule has 0 aliphatic heterocycles. The molecule has 1 N–H and O–H groups in total. The smallest absolute Gasteiger partial charge is 0.256 e. The van der Waals surface area contributed by atoms with Gasteiger partial charge in [0.1, 0.15) is 5.82 Å². The molecule has 1 aromatic carbocycles. The lowest BCUT2D eigenvalue weighted by atomic mass is 10.2. The highest BCUT2D eigenvalue weighted by atomic mass is 79.9. The molecule has 2 aromatic rings. The largest absolute Gasteiger partial charge is 0.318 e. The number of carbonyl (C=O) groups excluding carboxylic acids is 1. The molecule has 18 heavy (non-hydrogen) atoms. The summed E-state index contributed by atoms with van der Waals surface area (Å²) in [6, 6.07) is 3.42. The molecule has 0 unspecified atom stereocenters. The second kappa shape index (κ2) is 5.46. The molecule has 2 rings (SSSR count). The third-order valence-electron chi connectivity index (χ3n) is 2.08. The first kappa shape index (κ1) is 13.6. The Kier molecular flexibility index (Phi) is 4.14. The molecular formula is C11H5Br2F2NOS. The molecule has 1 amide bonds. The lowest BCUT2D eigenvalue weighted by Gasteiger charge is -2.07. The summed E-state index contributed by atoms with van der Waals surface area (Å²) in [5.41, 5.74) is 0.325. The van der Waals surface area contributed by atoms with Crippen LogP contribution in [0.3, 0.4) is 0 Å². The quantitative estimate of drug-likeness (QED) is 0.775. The SMILES string of the molecule is O=C(Nc1c(F)cc(F)cc1Br)c1csc(Br)c1. The Morgan fingerprint density at radius 2 is 1.94 bits per heavy atom. The fraction of sp³-hybridized carbons (Fsp3) is 0. The van der Waals surface area contributed by atoms with Crippen molar-refractivity contribution in [1.29, 1.82) is 0 Å². The highest BCUT2D eigenvalue weighted by molar-refractivity contribution is 9.11. The Morgan fingerprint density at radius 1 is 1.22 bits per heavy atom. The highest BCUT2D eigenvalue weighted by Crippen LogP contribution is 2.28. The summed E-state index contributed by atoms with van der Waals surface area (Å²) in [4.78, 5) is 11.8. The van der Waals surface area contributed by atoms with Gasteiger partial charge >= 0.3 is 0 Å². The van der Waals surface area contributed by atoms with Crippen molar-refractivity contribution >= 4 is 54.8 Å². The van der Waals surface area contributed by atoms with Crippen LogP contribution in [0.4, 0.5) is 14.5 Å². The average molecular weight is 397 g/mol. The summed E-state index contributed by atoms with van der Waals surface area (Å²) in [5.74, 6) is -2.00. The Hall–Kier alpha value is -0.790. The molecule has 0 atom stereocenters. The average Bonchev–Trinajstić information content (AvgIpc) is 2.70. The molecule has 0 saturated heterocycles. The predicted octanol–water partition coefficient (Wildman–Crippen LogP) is 4.80. The van der Waals surface area contributed by atoms with E-state index in [1.165, 1.54) is 11.3 Å². The van der Waals surface area contributed by atoms with Crippen LogP contribution in [0, 0.1) is 11.6 Å². The minimum absolute atomic E-state index is 0.0799. The maximum absolute atomic E-state index is 13.5. The summed E-state index contributed by atoms with van der Waals surface area (Å²) in [5, 5.41) is 4.03. The van der Waals surface area contributed by atoms with Gasteiger partial charge in [0.2, 0.25) is 0 Å². The van der Waals surface area contributed by atoms with Crippen molar-refractivity contribution in [2.45, 2.75) is 0 Å². The van der Waals surface area contributed by atoms with Crippen LogP contribution in [0.15, 0.2) is 31.8 Å². The van der Waals surface area contributed by atoms with Gasteiger partial charge in [0, 0.05) is 15.9 Å². The van der Waals surface area contributed by atoms with Crippen LogP contribution in [0.1, 0.15) is 10.4 Å². The second-order valence-corrected chi connectivity index (χ2v) is 6.48. The number of halogens is 4. The monoisotopic (exact) mass is 395 g/mol. The molecule has 1 heterocycles. The van der Waals surface area contributed by atoms with Gasteiger partial charge in [-0.1, -0.05) is 0 Å². The Bertz CT molecular complexity index is 592. The molecular weight excluding hydrogens is 392 g/mol. The van der Waals surface area contributed by atoms with E-state index in [4.69, 9.17) is 0 Å². The van der Waals surface area contributed by atoms with E-state index in [-0.39, 0.29) is 10.2 Å². The second-order valence-electron chi connectivity index (χ2n) is 3.34. The van der Waals surface area contributed by atoms with E-state index < -0.39 is 17.5 Å². The van der Waals surface area contributed by atoms with E-state index in [1.807, 2.05) is 0 Å². The number of hydrogen-bond acceptors (Lipinski definition) is 2. The molecule has 1 aromatic heterocycles. The summed E-state index contributed by atoms with van der Waals surface area (Å²) < 4.78 is 27.3. The van der Waals surface area contributed by atoms with Gasteiger partial charge in [-0.15, -0.1) is 11.3 Å². The standard InChI is InChI=1S/C11H5Br2F2NOS/c12-7-2-6(14)3-8(15)10(7)16-11(17)5-1-9(13)18-4-5/h1-4H,(H,16,17). The van der Waals surface area contributed by atoms with Crippen LogP contribution in [-0.4, -0.2) is 5.91 Å². The summed E-state index contributed by atoms with van der Waals surface area (Å²) in [6.07, 6.45) is 0. The summed E-state index contributed by atoms with van der Waals surface area (Å²) >= 11 is 7.58. The topological polar surface area (TPSA) is 29.1 Å². The number of hydrogen-bond donors (Lipinski definition) is 1. The zero-order valence-corrected chi connectivity index (χ0v) is 12.6. The number of nitrogens with one attached hydrogen (secondary N) is 1. The van der Waals surface area contributed by atoms with Crippen molar-refractivity contribution in [2.24, 2.45) is 0 Å². The third-order valence-corrected chi connectivity index (χ3v) is 4.20. The van der Waals surface area contributed by atoms with Gasteiger partial charge in [0.05, 0.1) is 15.0 Å². The predicted molar refractivity (Wildman–Crippen MR) is 74.0 cm³/mol. The van der Waals surface area contributed by atoms with Crippen LogP contribution in [0.25, 0.3) is 0 Å². The molecule has 0 aliphatic carbocycles. The van der Waals surface area contributed by atoms with Gasteiger partial charge in [-0.25, -0.2) is 8.78 Å². The maximum Gasteiger partial charge on any atom is 0.256 e. The molecule has 7 heteroatoms. The number of amides is 1. The Morgan fingerprint density at radius 3 is 2.50 bits per heavy atom.